The van der Waals surface area contributed by atoms with E-state index in [9.17, 15) is 13.2 Å². The number of alkyl halides is 3. The molecule has 1 aliphatic rings. The van der Waals surface area contributed by atoms with Crippen LogP contribution >= 0.6 is 11.3 Å². The summed E-state index contributed by atoms with van der Waals surface area (Å²) in [6.45, 7) is 0.966. The van der Waals surface area contributed by atoms with Gasteiger partial charge in [-0.05, 0) is 0 Å². The lowest BCUT2D eigenvalue weighted by molar-refractivity contribution is -0.137. The van der Waals surface area contributed by atoms with Crippen LogP contribution in [0.2, 0.25) is 0 Å². The van der Waals surface area contributed by atoms with Crippen molar-refractivity contribution < 1.29 is 22.6 Å². The molecule has 0 radical (unpaired) electrons. The molecule has 1 saturated heterocycles. The molecule has 0 aromatic carbocycles. The van der Waals surface area contributed by atoms with Gasteiger partial charge in [0.25, 0.3) is 0 Å². The van der Waals surface area contributed by atoms with Crippen LogP contribution in [0.4, 0.5) is 13.2 Å². The second kappa shape index (κ2) is 5.94. The Kier molecular flexibility index (Phi) is 4.65. The van der Waals surface area contributed by atoms with E-state index in [1.165, 1.54) is 13.3 Å². The Hall–Kier alpha value is -0.740. The number of halogens is 3. The standard InChI is InChI=1S/C11H16F3N3O2S/c1-18-10(2-4-19-5-3-10)8(17-15)7-6-16-9(20-7)11(12,13)14/h6,8,17H,2-5,15H2,1H3. The number of thiazole rings is 1. The van der Waals surface area contributed by atoms with Gasteiger partial charge in [-0.1, -0.05) is 0 Å². The zero-order valence-electron chi connectivity index (χ0n) is 10.9. The minimum atomic E-state index is -4.45. The van der Waals surface area contributed by atoms with Crippen LogP contribution in [0.3, 0.4) is 0 Å². The molecule has 1 aliphatic heterocycles. The van der Waals surface area contributed by atoms with Crippen LogP contribution in [0, 0.1) is 0 Å². The van der Waals surface area contributed by atoms with Crippen molar-refractivity contribution in [2.24, 2.45) is 5.84 Å². The molecule has 1 aromatic heterocycles. The molecule has 1 unspecified atom stereocenters. The highest BCUT2D eigenvalue weighted by molar-refractivity contribution is 7.11. The molecule has 2 heterocycles. The smallest absolute Gasteiger partial charge is 0.381 e. The van der Waals surface area contributed by atoms with Gasteiger partial charge in [0.2, 0.25) is 0 Å². The third-order valence-electron chi connectivity index (χ3n) is 3.49. The first kappa shape index (κ1) is 15.6. The van der Waals surface area contributed by atoms with Gasteiger partial charge in [-0.25, -0.2) is 10.4 Å². The summed E-state index contributed by atoms with van der Waals surface area (Å²) in [5, 5.41) is -0.883. The quantitative estimate of drug-likeness (QED) is 0.656. The van der Waals surface area contributed by atoms with E-state index in [0.717, 1.165) is 0 Å². The molecule has 1 atom stereocenters. The number of hydrogen-bond acceptors (Lipinski definition) is 6. The van der Waals surface area contributed by atoms with Gasteiger partial charge in [0.05, 0.1) is 11.6 Å². The number of nitrogens with two attached hydrogens (primary N) is 1. The van der Waals surface area contributed by atoms with Crippen LogP contribution in [0.1, 0.15) is 28.8 Å². The third kappa shape index (κ3) is 2.96. The Morgan fingerprint density at radius 1 is 1.50 bits per heavy atom. The Labute approximate surface area is 118 Å². The van der Waals surface area contributed by atoms with Gasteiger partial charge in [-0.15, -0.1) is 11.3 Å². The van der Waals surface area contributed by atoms with Crippen molar-refractivity contribution in [3.05, 3.63) is 16.1 Å². The molecule has 9 heteroatoms. The normalized spacial score (nSPS) is 20.9. The van der Waals surface area contributed by atoms with E-state index in [1.807, 2.05) is 0 Å². The van der Waals surface area contributed by atoms with Crippen LogP contribution in [-0.2, 0) is 15.7 Å². The fourth-order valence-corrected chi connectivity index (χ4v) is 3.32. The lowest BCUT2D eigenvalue weighted by Crippen LogP contribution is -2.50. The molecule has 0 bridgehead atoms. The van der Waals surface area contributed by atoms with E-state index in [0.29, 0.717) is 42.3 Å². The van der Waals surface area contributed by atoms with Gasteiger partial charge in [0.15, 0.2) is 5.01 Å². The molecule has 1 fully saturated rings. The summed E-state index contributed by atoms with van der Waals surface area (Å²) in [6.07, 6.45) is -2.14. The Balaban J connectivity index is 2.29. The number of methoxy groups -OCH3 is 1. The van der Waals surface area contributed by atoms with Crippen molar-refractivity contribution in [1.29, 1.82) is 0 Å². The predicted octanol–water partition coefficient (Wildman–Crippen LogP) is 1.86. The molecule has 0 amide bonds. The minimum absolute atomic E-state index is 0.406. The zero-order valence-corrected chi connectivity index (χ0v) is 11.7. The summed E-state index contributed by atoms with van der Waals surface area (Å²) in [6, 6.07) is -0.551. The minimum Gasteiger partial charge on any atom is -0.381 e. The van der Waals surface area contributed by atoms with E-state index in [-0.39, 0.29) is 0 Å². The van der Waals surface area contributed by atoms with Crippen LogP contribution in [-0.4, -0.2) is 30.9 Å². The first-order valence-corrected chi connectivity index (χ1v) is 6.86. The second-order valence-corrected chi connectivity index (χ2v) is 5.61. The molecule has 0 saturated carbocycles. The summed E-state index contributed by atoms with van der Waals surface area (Å²) in [7, 11) is 1.53. The van der Waals surface area contributed by atoms with Gasteiger partial charge in [0, 0.05) is 44.2 Å². The Morgan fingerprint density at radius 3 is 2.60 bits per heavy atom. The second-order valence-electron chi connectivity index (χ2n) is 4.55. The third-order valence-corrected chi connectivity index (χ3v) is 4.60. The average Bonchev–Trinajstić information content (AvgIpc) is 2.90. The summed E-state index contributed by atoms with van der Waals surface area (Å²) in [4.78, 5) is 3.83. The molecule has 0 aliphatic carbocycles. The van der Waals surface area contributed by atoms with Crippen LogP contribution in [0.25, 0.3) is 0 Å². The van der Waals surface area contributed by atoms with Crippen molar-refractivity contribution in [3.8, 4) is 0 Å². The highest BCUT2D eigenvalue weighted by atomic mass is 32.1. The highest BCUT2D eigenvalue weighted by Crippen LogP contribution is 2.41. The maximum Gasteiger partial charge on any atom is 0.443 e. The van der Waals surface area contributed by atoms with Crippen molar-refractivity contribution in [2.45, 2.75) is 30.7 Å². The van der Waals surface area contributed by atoms with Crippen molar-refractivity contribution >= 4 is 11.3 Å². The topological polar surface area (TPSA) is 69.4 Å². The maximum absolute atomic E-state index is 12.6. The van der Waals surface area contributed by atoms with E-state index in [1.54, 1.807) is 0 Å². The van der Waals surface area contributed by atoms with E-state index < -0.39 is 22.8 Å². The fraction of sp³-hybridized carbons (Fsp3) is 0.727. The number of aromatic nitrogens is 1. The number of ether oxygens (including phenoxy) is 2. The molecule has 3 N–H and O–H groups in total. The first-order valence-electron chi connectivity index (χ1n) is 6.05. The summed E-state index contributed by atoms with van der Waals surface area (Å²) >= 11 is 0.581. The molecule has 5 nitrogen and oxygen atoms in total. The van der Waals surface area contributed by atoms with Crippen molar-refractivity contribution in [1.82, 2.24) is 10.4 Å². The summed E-state index contributed by atoms with van der Waals surface area (Å²) in [5.41, 5.74) is 1.89. The lowest BCUT2D eigenvalue weighted by atomic mass is 9.85. The molecule has 114 valence electrons. The molecular weight excluding hydrogens is 295 g/mol. The lowest BCUT2D eigenvalue weighted by Gasteiger charge is -2.41. The number of hydrazine groups is 1. The van der Waals surface area contributed by atoms with Crippen LogP contribution in [0.15, 0.2) is 6.20 Å². The number of rotatable bonds is 4. The number of nitrogens with one attached hydrogen (secondary N) is 1. The monoisotopic (exact) mass is 311 g/mol. The molecule has 0 spiro atoms. The van der Waals surface area contributed by atoms with Crippen LogP contribution in [0.5, 0.6) is 0 Å². The SMILES string of the molecule is COC1(C(NN)c2cnc(C(F)(F)F)s2)CCOCC1. The predicted molar refractivity (Wildman–Crippen MR) is 67.0 cm³/mol. The van der Waals surface area contributed by atoms with Gasteiger partial charge in [0.1, 0.15) is 0 Å². The first-order chi connectivity index (χ1) is 9.43. The number of nitrogens with zero attached hydrogens (tertiary/aromatic N) is 1. The van der Waals surface area contributed by atoms with Crippen LogP contribution < -0.4 is 11.3 Å². The van der Waals surface area contributed by atoms with Gasteiger partial charge in [-0.3, -0.25) is 5.84 Å². The van der Waals surface area contributed by atoms with E-state index in [4.69, 9.17) is 15.3 Å². The van der Waals surface area contributed by atoms with E-state index >= 15 is 0 Å². The average molecular weight is 311 g/mol. The van der Waals surface area contributed by atoms with E-state index in [2.05, 4.69) is 10.4 Å². The van der Waals surface area contributed by atoms with Crippen molar-refractivity contribution in [3.63, 3.8) is 0 Å². The largest absolute Gasteiger partial charge is 0.443 e. The Bertz CT molecular complexity index is 446. The zero-order chi connectivity index (χ0) is 14.8. The highest BCUT2D eigenvalue weighted by Gasteiger charge is 2.43. The molecular formula is C11H16F3N3O2S. The Morgan fingerprint density at radius 2 is 2.15 bits per heavy atom. The van der Waals surface area contributed by atoms with Gasteiger partial charge >= 0.3 is 6.18 Å². The fourth-order valence-electron chi connectivity index (χ4n) is 2.37. The molecule has 20 heavy (non-hydrogen) atoms. The maximum atomic E-state index is 12.6. The van der Waals surface area contributed by atoms with Gasteiger partial charge < -0.3 is 9.47 Å². The summed E-state index contributed by atoms with van der Waals surface area (Å²) < 4.78 is 48.7. The number of hydrogen-bond donors (Lipinski definition) is 2. The molecule has 1 aromatic rings. The molecule has 2 rings (SSSR count). The summed E-state index contributed by atoms with van der Waals surface area (Å²) in [5.74, 6) is 5.54. The van der Waals surface area contributed by atoms with Crippen molar-refractivity contribution in [2.75, 3.05) is 20.3 Å². The van der Waals surface area contributed by atoms with Gasteiger partial charge in [-0.2, -0.15) is 13.2 Å².